The number of para-hydroxylation sites is 1. The Morgan fingerprint density at radius 3 is 2.53 bits per heavy atom. The number of halogens is 3. The number of rotatable bonds is 1. The highest BCUT2D eigenvalue weighted by Crippen LogP contribution is 2.29. The van der Waals surface area contributed by atoms with Gasteiger partial charge in [-0.1, -0.05) is 41.4 Å². The third-order valence-electron chi connectivity index (χ3n) is 2.71. The number of aromatic nitrogens is 2. The minimum Gasteiger partial charge on any atom is -0.226 e. The zero-order chi connectivity index (χ0) is 13.4. The van der Waals surface area contributed by atoms with Crippen molar-refractivity contribution in [3.63, 3.8) is 0 Å². The molecular formula is C14H7Cl2FN2. The second kappa shape index (κ2) is 4.76. The lowest BCUT2D eigenvalue weighted by Crippen LogP contribution is -1.93. The molecule has 94 valence electrons. The van der Waals surface area contributed by atoms with Crippen LogP contribution in [0.4, 0.5) is 4.39 Å². The van der Waals surface area contributed by atoms with Crippen LogP contribution in [-0.4, -0.2) is 9.97 Å². The number of nitrogens with zero attached hydrogens (tertiary/aromatic N) is 2. The van der Waals surface area contributed by atoms with Gasteiger partial charge in [0, 0.05) is 10.9 Å². The van der Waals surface area contributed by atoms with Gasteiger partial charge in [0.15, 0.2) is 5.82 Å². The summed E-state index contributed by atoms with van der Waals surface area (Å²) < 4.78 is 13.2. The maximum absolute atomic E-state index is 13.2. The molecule has 0 saturated carbocycles. The average Bonchev–Trinajstić information content (AvgIpc) is 2.40. The van der Waals surface area contributed by atoms with Crippen LogP contribution in [0.3, 0.4) is 0 Å². The van der Waals surface area contributed by atoms with Gasteiger partial charge < -0.3 is 0 Å². The van der Waals surface area contributed by atoms with E-state index in [0.717, 1.165) is 0 Å². The van der Waals surface area contributed by atoms with Crippen molar-refractivity contribution in [1.82, 2.24) is 9.97 Å². The van der Waals surface area contributed by atoms with E-state index in [9.17, 15) is 4.39 Å². The summed E-state index contributed by atoms with van der Waals surface area (Å²) in [6.07, 6.45) is 0. The molecule has 0 atom stereocenters. The minimum absolute atomic E-state index is 0.298. The minimum atomic E-state index is -0.350. The summed E-state index contributed by atoms with van der Waals surface area (Å²) in [4.78, 5) is 8.54. The molecule has 2 nitrogen and oxygen atoms in total. The Bertz CT molecular complexity index is 774. The Balaban J connectivity index is 2.29. The Morgan fingerprint density at radius 1 is 0.947 bits per heavy atom. The number of hydrogen-bond acceptors (Lipinski definition) is 2. The van der Waals surface area contributed by atoms with Crippen LogP contribution in [0.15, 0.2) is 42.5 Å². The smallest absolute Gasteiger partial charge is 0.161 e. The molecule has 0 fully saturated rings. The fourth-order valence-electron chi connectivity index (χ4n) is 1.84. The Kier molecular flexibility index (Phi) is 3.09. The van der Waals surface area contributed by atoms with E-state index in [2.05, 4.69) is 9.97 Å². The molecule has 3 rings (SSSR count). The monoisotopic (exact) mass is 292 g/mol. The molecule has 2 aromatic carbocycles. The zero-order valence-corrected chi connectivity index (χ0v) is 11.1. The van der Waals surface area contributed by atoms with Crippen molar-refractivity contribution >= 4 is 34.1 Å². The lowest BCUT2D eigenvalue weighted by molar-refractivity contribution is 0.628. The van der Waals surface area contributed by atoms with E-state index in [1.54, 1.807) is 30.3 Å². The van der Waals surface area contributed by atoms with Crippen molar-refractivity contribution in [2.24, 2.45) is 0 Å². The largest absolute Gasteiger partial charge is 0.226 e. The molecule has 1 heterocycles. The van der Waals surface area contributed by atoms with E-state index < -0.39 is 0 Å². The van der Waals surface area contributed by atoms with E-state index >= 15 is 0 Å². The number of hydrogen-bond donors (Lipinski definition) is 0. The lowest BCUT2D eigenvalue weighted by Gasteiger charge is -2.05. The molecule has 0 unspecified atom stereocenters. The maximum atomic E-state index is 13.2. The predicted molar refractivity (Wildman–Crippen MR) is 75.0 cm³/mol. The van der Waals surface area contributed by atoms with Crippen LogP contribution in [0.2, 0.25) is 10.2 Å². The normalized spacial score (nSPS) is 10.9. The summed E-state index contributed by atoms with van der Waals surface area (Å²) in [5, 5.41) is 1.46. The fourth-order valence-corrected chi connectivity index (χ4v) is 2.29. The third kappa shape index (κ3) is 2.27. The molecule has 0 aliphatic rings. The summed E-state index contributed by atoms with van der Waals surface area (Å²) in [6.45, 7) is 0. The predicted octanol–water partition coefficient (Wildman–Crippen LogP) is 4.74. The molecule has 0 amide bonds. The first-order valence-electron chi connectivity index (χ1n) is 5.53. The van der Waals surface area contributed by atoms with Crippen LogP contribution in [-0.2, 0) is 0 Å². The van der Waals surface area contributed by atoms with Gasteiger partial charge >= 0.3 is 0 Å². The third-order valence-corrected chi connectivity index (χ3v) is 3.31. The molecule has 0 radical (unpaired) electrons. The van der Waals surface area contributed by atoms with Gasteiger partial charge in [-0.2, -0.15) is 0 Å². The van der Waals surface area contributed by atoms with E-state index in [1.807, 2.05) is 0 Å². The molecule has 0 N–H and O–H groups in total. The highest BCUT2D eigenvalue weighted by Gasteiger charge is 2.10. The first kappa shape index (κ1) is 12.3. The highest BCUT2D eigenvalue weighted by atomic mass is 35.5. The topological polar surface area (TPSA) is 25.8 Å². The SMILES string of the molecule is Fc1cccc(-c2nc(Cl)c3cccc(Cl)c3n2)c1. The van der Waals surface area contributed by atoms with Gasteiger partial charge in [0.05, 0.1) is 10.5 Å². The first-order valence-corrected chi connectivity index (χ1v) is 6.28. The van der Waals surface area contributed by atoms with Crippen LogP contribution >= 0.6 is 23.2 Å². The van der Waals surface area contributed by atoms with Crippen molar-refractivity contribution in [2.45, 2.75) is 0 Å². The molecule has 5 heteroatoms. The van der Waals surface area contributed by atoms with E-state index in [4.69, 9.17) is 23.2 Å². The van der Waals surface area contributed by atoms with Crippen molar-refractivity contribution in [3.05, 3.63) is 58.5 Å². The maximum Gasteiger partial charge on any atom is 0.161 e. The molecule has 0 aliphatic heterocycles. The highest BCUT2D eigenvalue weighted by molar-refractivity contribution is 6.38. The summed E-state index contributed by atoms with van der Waals surface area (Å²) in [7, 11) is 0. The van der Waals surface area contributed by atoms with Crippen molar-refractivity contribution < 1.29 is 4.39 Å². The summed E-state index contributed by atoms with van der Waals surface area (Å²) in [5.41, 5.74) is 1.12. The molecule has 0 bridgehead atoms. The Hall–Kier alpha value is -1.71. The van der Waals surface area contributed by atoms with Crippen molar-refractivity contribution in [2.75, 3.05) is 0 Å². The molecule has 1 aromatic heterocycles. The standard InChI is InChI=1S/C14H7Cl2FN2/c15-11-6-2-5-10-12(11)18-14(19-13(10)16)8-3-1-4-9(17)7-8/h1-7H. The summed E-state index contributed by atoms with van der Waals surface area (Å²) >= 11 is 12.2. The van der Waals surface area contributed by atoms with Crippen molar-refractivity contribution in [1.29, 1.82) is 0 Å². The van der Waals surface area contributed by atoms with Gasteiger partial charge in [0.2, 0.25) is 0 Å². The van der Waals surface area contributed by atoms with Gasteiger partial charge in [-0.25, -0.2) is 14.4 Å². The van der Waals surface area contributed by atoms with E-state index in [0.29, 0.717) is 32.5 Å². The Labute approximate surface area is 118 Å². The Morgan fingerprint density at radius 2 is 1.74 bits per heavy atom. The molecule has 19 heavy (non-hydrogen) atoms. The molecule has 0 aliphatic carbocycles. The lowest BCUT2D eigenvalue weighted by atomic mass is 10.2. The molecule has 3 aromatic rings. The summed E-state index contributed by atoms with van der Waals surface area (Å²) in [6, 6.07) is 11.3. The van der Waals surface area contributed by atoms with Gasteiger partial charge in [-0.15, -0.1) is 0 Å². The molecular weight excluding hydrogens is 286 g/mol. The van der Waals surface area contributed by atoms with Crippen molar-refractivity contribution in [3.8, 4) is 11.4 Å². The molecule has 0 saturated heterocycles. The van der Waals surface area contributed by atoms with Crippen LogP contribution in [0.5, 0.6) is 0 Å². The molecule has 0 spiro atoms. The van der Waals surface area contributed by atoms with Gasteiger partial charge in [-0.05, 0) is 24.3 Å². The zero-order valence-electron chi connectivity index (χ0n) is 9.57. The second-order valence-corrected chi connectivity index (χ2v) is 4.75. The van der Waals surface area contributed by atoms with Gasteiger partial charge in [0.25, 0.3) is 0 Å². The van der Waals surface area contributed by atoms with E-state index in [1.165, 1.54) is 12.1 Å². The number of fused-ring (bicyclic) bond motifs is 1. The van der Waals surface area contributed by atoms with Crippen LogP contribution < -0.4 is 0 Å². The van der Waals surface area contributed by atoms with Gasteiger partial charge in [-0.3, -0.25) is 0 Å². The van der Waals surface area contributed by atoms with Crippen LogP contribution in [0, 0.1) is 5.82 Å². The summed E-state index contributed by atoms with van der Waals surface area (Å²) in [5.74, 6) is 0.00146. The first-order chi connectivity index (χ1) is 9.15. The van der Waals surface area contributed by atoms with E-state index in [-0.39, 0.29) is 5.82 Å². The van der Waals surface area contributed by atoms with Crippen LogP contribution in [0.25, 0.3) is 22.3 Å². The average molecular weight is 293 g/mol. The fraction of sp³-hybridized carbons (Fsp3) is 0. The quantitative estimate of drug-likeness (QED) is 0.605. The second-order valence-electron chi connectivity index (χ2n) is 3.98. The number of benzene rings is 2. The van der Waals surface area contributed by atoms with Crippen LogP contribution in [0.1, 0.15) is 0 Å². The van der Waals surface area contributed by atoms with Gasteiger partial charge in [0.1, 0.15) is 11.0 Å².